The van der Waals surface area contributed by atoms with E-state index in [1.165, 1.54) is 0 Å². The number of rotatable bonds is 3. The van der Waals surface area contributed by atoms with E-state index in [0.717, 1.165) is 52.1 Å². The van der Waals surface area contributed by atoms with Gasteiger partial charge >= 0.3 is 5.97 Å². The van der Waals surface area contributed by atoms with Gasteiger partial charge in [-0.1, -0.05) is 0 Å². The van der Waals surface area contributed by atoms with Crippen LogP contribution in [0, 0.1) is 11.8 Å². The molecule has 102 valence electrons. The summed E-state index contributed by atoms with van der Waals surface area (Å²) in [6.07, 6.45) is 3.29. The van der Waals surface area contributed by atoms with Gasteiger partial charge in [0, 0.05) is 12.5 Å². The van der Waals surface area contributed by atoms with Crippen molar-refractivity contribution in [3.05, 3.63) is 0 Å². The SMILES string of the molecule is O=C(O)C1CCN(CC2CC3COCC3O2)CC1. The Morgan fingerprint density at radius 1 is 1.28 bits per heavy atom. The van der Waals surface area contributed by atoms with Gasteiger partial charge in [0.2, 0.25) is 0 Å². The first-order valence-electron chi connectivity index (χ1n) is 6.90. The third kappa shape index (κ3) is 2.53. The molecule has 0 spiro atoms. The first-order valence-corrected chi connectivity index (χ1v) is 6.90. The molecule has 0 aromatic rings. The molecule has 1 N–H and O–H groups in total. The van der Waals surface area contributed by atoms with E-state index in [9.17, 15) is 4.79 Å². The van der Waals surface area contributed by atoms with E-state index >= 15 is 0 Å². The second-order valence-corrected chi connectivity index (χ2v) is 5.74. The maximum absolute atomic E-state index is 10.9. The Morgan fingerprint density at radius 2 is 2.06 bits per heavy atom. The maximum atomic E-state index is 10.9. The monoisotopic (exact) mass is 255 g/mol. The van der Waals surface area contributed by atoms with Crippen molar-refractivity contribution in [3.8, 4) is 0 Å². The Balaban J connectivity index is 1.43. The molecule has 3 aliphatic heterocycles. The minimum Gasteiger partial charge on any atom is -0.481 e. The fourth-order valence-electron chi connectivity index (χ4n) is 3.36. The molecular formula is C13H21NO4. The van der Waals surface area contributed by atoms with Crippen LogP contribution in [0.5, 0.6) is 0 Å². The molecule has 0 radical (unpaired) electrons. The van der Waals surface area contributed by atoms with Crippen molar-refractivity contribution in [3.63, 3.8) is 0 Å². The topological polar surface area (TPSA) is 59.0 Å². The zero-order chi connectivity index (χ0) is 12.5. The van der Waals surface area contributed by atoms with Gasteiger partial charge in [-0.3, -0.25) is 4.79 Å². The van der Waals surface area contributed by atoms with Gasteiger partial charge in [-0.15, -0.1) is 0 Å². The number of hydrogen-bond acceptors (Lipinski definition) is 4. The second-order valence-electron chi connectivity index (χ2n) is 5.74. The van der Waals surface area contributed by atoms with Crippen LogP contribution in [-0.4, -0.2) is 61.0 Å². The number of nitrogens with zero attached hydrogens (tertiary/aromatic N) is 1. The Hall–Kier alpha value is -0.650. The van der Waals surface area contributed by atoms with Gasteiger partial charge in [-0.25, -0.2) is 0 Å². The Morgan fingerprint density at radius 3 is 2.72 bits per heavy atom. The number of hydrogen-bond donors (Lipinski definition) is 1. The maximum Gasteiger partial charge on any atom is 0.306 e. The molecule has 18 heavy (non-hydrogen) atoms. The summed E-state index contributed by atoms with van der Waals surface area (Å²) in [5, 5.41) is 8.96. The first-order chi connectivity index (χ1) is 8.72. The summed E-state index contributed by atoms with van der Waals surface area (Å²) >= 11 is 0. The predicted octanol–water partition coefficient (Wildman–Crippen LogP) is 0.587. The van der Waals surface area contributed by atoms with Crippen LogP contribution in [0.25, 0.3) is 0 Å². The van der Waals surface area contributed by atoms with Crippen LogP contribution in [0.2, 0.25) is 0 Å². The third-order valence-corrected chi connectivity index (χ3v) is 4.47. The van der Waals surface area contributed by atoms with E-state index in [0.29, 0.717) is 18.1 Å². The third-order valence-electron chi connectivity index (χ3n) is 4.47. The lowest BCUT2D eigenvalue weighted by Crippen LogP contribution is -2.40. The molecule has 3 aliphatic rings. The molecular weight excluding hydrogens is 234 g/mol. The highest BCUT2D eigenvalue weighted by Crippen LogP contribution is 2.32. The molecule has 3 rings (SSSR count). The van der Waals surface area contributed by atoms with Crippen LogP contribution in [-0.2, 0) is 14.3 Å². The highest BCUT2D eigenvalue weighted by molar-refractivity contribution is 5.70. The molecule has 0 aromatic carbocycles. The van der Waals surface area contributed by atoms with Gasteiger partial charge in [0.25, 0.3) is 0 Å². The molecule has 0 aromatic heterocycles. The minimum absolute atomic E-state index is 0.140. The Labute approximate surface area is 107 Å². The molecule has 0 bridgehead atoms. The summed E-state index contributed by atoms with van der Waals surface area (Å²) in [5.74, 6) is -0.191. The van der Waals surface area contributed by atoms with Gasteiger partial charge in [0.15, 0.2) is 0 Å². The summed E-state index contributed by atoms with van der Waals surface area (Å²) in [6, 6.07) is 0. The van der Waals surface area contributed by atoms with Gasteiger partial charge in [-0.05, 0) is 32.4 Å². The van der Waals surface area contributed by atoms with Crippen molar-refractivity contribution in [2.45, 2.75) is 31.5 Å². The van der Waals surface area contributed by atoms with Gasteiger partial charge in [0.1, 0.15) is 0 Å². The van der Waals surface area contributed by atoms with E-state index in [2.05, 4.69) is 4.90 Å². The zero-order valence-electron chi connectivity index (χ0n) is 10.6. The summed E-state index contributed by atoms with van der Waals surface area (Å²) in [6.45, 7) is 4.34. The smallest absolute Gasteiger partial charge is 0.306 e. The average Bonchev–Trinajstić information content (AvgIpc) is 2.90. The van der Waals surface area contributed by atoms with Crippen molar-refractivity contribution >= 4 is 5.97 Å². The van der Waals surface area contributed by atoms with Crippen molar-refractivity contribution in [2.75, 3.05) is 32.8 Å². The number of fused-ring (bicyclic) bond motifs is 1. The van der Waals surface area contributed by atoms with Gasteiger partial charge in [-0.2, -0.15) is 0 Å². The fraction of sp³-hybridized carbons (Fsp3) is 0.923. The van der Waals surface area contributed by atoms with Crippen LogP contribution in [0.1, 0.15) is 19.3 Å². The van der Waals surface area contributed by atoms with Crippen molar-refractivity contribution in [1.29, 1.82) is 0 Å². The summed E-state index contributed by atoms with van der Waals surface area (Å²) in [7, 11) is 0. The lowest BCUT2D eigenvalue weighted by atomic mass is 9.96. The molecule has 0 amide bonds. The molecule has 0 saturated carbocycles. The molecule has 3 unspecified atom stereocenters. The number of likely N-dealkylation sites (tertiary alicyclic amines) is 1. The van der Waals surface area contributed by atoms with Gasteiger partial charge < -0.3 is 19.5 Å². The largest absolute Gasteiger partial charge is 0.481 e. The summed E-state index contributed by atoms with van der Waals surface area (Å²) < 4.78 is 11.4. The number of ether oxygens (including phenoxy) is 2. The van der Waals surface area contributed by atoms with Crippen LogP contribution >= 0.6 is 0 Å². The molecule has 5 nitrogen and oxygen atoms in total. The quantitative estimate of drug-likeness (QED) is 0.799. The van der Waals surface area contributed by atoms with Crippen LogP contribution in [0.4, 0.5) is 0 Å². The minimum atomic E-state index is -0.640. The second kappa shape index (κ2) is 5.15. The standard InChI is InChI=1S/C13H21NO4/c15-13(16)9-1-3-14(4-2-9)6-11-5-10-7-17-8-12(10)18-11/h9-12H,1-8H2,(H,15,16). The van der Waals surface area contributed by atoms with Crippen molar-refractivity contribution in [2.24, 2.45) is 11.8 Å². The van der Waals surface area contributed by atoms with Crippen molar-refractivity contribution in [1.82, 2.24) is 4.90 Å². The Kier molecular flexibility index (Phi) is 3.54. The number of carbonyl (C=O) groups is 1. The molecule has 5 heteroatoms. The van der Waals surface area contributed by atoms with Crippen LogP contribution in [0.15, 0.2) is 0 Å². The number of aliphatic carboxylic acids is 1. The van der Waals surface area contributed by atoms with Crippen molar-refractivity contribution < 1.29 is 19.4 Å². The number of piperidine rings is 1. The average molecular weight is 255 g/mol. The first kappa shape index (κ1) is 12.4. The predicted molar refractivity (Wildman–Crippen MR) is 64.4 cm³/mol. The molecule has 3 fully saturated rings. The summed E-state index contributed by atoms with van der Waals surface area (Å²) in [4.78, 5) is 13.2. The molecule has 3 atom stereocenters. The van der Waals surface area contributed by atoms with E-state index in [-0.39, 0.29) is 5.92 Å². The van der Waals surface area contributed by atoms with E-state index in [1.54, 1.807) is 0 Å². The molecule has 3 saturated heterocycles. The number of carboxylic acid groups (broad SMARTS) is 1. The Bertz CT molecular complexity index is 302. The van der Waals surface area contributed by atoms with Crippen LogP contribution < -0.4 is 0 Å². The zero-order valence-corrected chi connectivity index (χ0v) is 10.6. The lowest BCUT2D eigenvalue weighted by molar-refractivity contribution is -0.143. The lowest BCUT2D eigenvalue weighted by Gasteiger charge is -2.31. The molecule has 3 heterocycles. The summed E-state index contributed by atoms with van der Waals surface area (Å²) in [5.41, 5.74) is 0. The van der Waals surface area contributed by atoms with Crippen LogP contribution in [0.3, 0.4) is 0 Å². The van der Waals surface area contributed by atoms with E-state index < -0.39 is 5.97 Å². The van der Waals surface area contributed by atoms with E-state index in [4.69, 9.17) is 14.6 Å². The molecule has 0 aliphatic carbocycles. The normalized spacial score (nSPS) is 37.9. The highest BCUT2D eigenvalue weighted by Gasteiger charge is 2.40. The fourth-order valence-corrected chi connectivity index (χ4v) is 3.36. The number of carboxylic acids is 1. The van der Waals surface area contributed by atoms with E-state index in [1.807, 2.05) is 0 Å². The van der Waals surface area contributed by atoms with Gasteiger partial charge in [0.05, 0.1) is 31.3 Å². The highest BCUT2D eigenvalue weighted by atomic mass is 16.6.